The molecule has 0 atom stereocenters. The van der Waals surface area contributed by atoms with Crippen LogP contribution in [-0.2, 0) is 20.3 Å². The van der Waals surface area contributed by atoms with Crippen molar-refractivity contribution < 1.29 is 13.2 Å². The van der Waals surface area contributed by atoms with Crippen LogP contribution in [0.5, 0.6) is 0 Å². The van der Waals surface area contributed by atoms with Gasteiger partial charge in [0, 0.05) is 17.7 Å². The molecule has 0 saturated heterocycles. The second-order valence-corrected chi connectivity index (χ2v) is 5.43. The van der Waals surface area contributed by atoms with Crippen molar-refractivity contribution in [1.29, 1.82) is 0 Å². The van der Waals surface area contributed by atoms with Gasteiger partial charge in [-0.05, 0) is 11.6 Å². The lowest BCUT2D eigenvalue weighted by molar-refractivity contribution is -0.119. The maximum Gasteiger partial charge on any atom is 0.261 e. The average molecular weight is 248 g/mol. The van der Waals surface area contributed by atoms with Crippen molar-refractivity contribution in [3.8, 4) is 0 Å². The fraction of sp³-hybridized carbons (Fsp3) is 0.222. The summed E-state index contributed by atoms with van der Waals surface area (Å²) in [5.41, 5.74) is 0.395. The predicted molar refractivity (Wildman–Crippen MR) is 57.3 cm³/mol. The first-order valence-corrected chi connectivity index (χ1v) is 6.49. The zero-order valence-electron chi connectivity index (χ0n) is 8.03. The van der Waals surface area contributed by atoms with Gasteiger partial charge in [0.1, 0.15) is 0 Å². The van der Waals surface area contributed by atoms with Gasteiger partial charge < -0.3 is 5.32 Å². The first kappa shape index (κ1) is 12.0. The molecule has 6 heteroatoms. The lowest BCUT2D eigenvalue weighted by atomic mass is 10.1. The molecule has 0 aliphatic rings. The molecular weight excluding hydrogens is 238 g/mol. The van der Waals surface area contributed by atoms with Gasteiger partial charge in [0.05, 0.1) is 11.3 Å². The van der Waals surface area contributed by atoms with Gasteiger partial charge in [0.25, 0.3) is 9.05 Å². The number of carbonyl (C=O) groups excluding carboxylic acids is 1. The van der Waals surface area contributed by atoms with Crippen LogP contribution in [0, 0.1) is 0 Å². The number of rotatable bonds is 3. The fourth-order valence-electron chi connectivity index (χ4n) is 1.15. The predicted octanol–water partition coefficient (Wildman–Crippen LogP) is 0.903. The summed E-state index contributed by atoms with van der Waals surface area (Å²) in [4.78, 5) is 11.1. The van der Waals surface area contributed by atoms with E-state index in [1.54, 1.807) is 18.2 Å². The summed E-state index contributed by atoms with van der Waals surface area (Å²) in [5.74, 6) is -0.261. The van der Waals surface area contributed by atoms with Gasteiger partial charge in [-0.1, -0.05) is 18.2 Å². The Morgan fingerprint density at radius 1 is 1.40 bits per heavy atom. The molecule has 4 nitrogen and oxygen atoms in total. The normalized spacial score (nSPS) is 11.1. The van der Waals surface area contributed by atoms with E-state index in [4.69, 9.17) is 10.7 Å². The Kier molecular flexibility index (Phi) is 3.71. The number of likely N-dealkylation sites (N-methyl/N-ethyl adjacent to an activating group) is 1. The average Bonchev–Trinajstić information content (AvgIpc) is 2.17. The van der Waals surface area contributed by atoms with Crippen LogP contribution < -0.4 is 5.32 Å². The first-order chi connectivity index (χ1) is 6.95. The molecule has 0 unspecified atom stereocenters. The highest BCUT2D eigenvalue weighted by Gasteiger charge is 2.16. The molecule has 1 N–H and O–H groups in total. The number of benzene rings is 1. The molecule has 82 valence electrons. The smallest absolute Gasteiger partial charge is 0.261 e. The maximum atomic E-state index is 11.2. The van der Waals surface area contributed by atoms with Gasteiger partial charge in [0.15, 0.2) is 0 Å². The molecule has 15 heavy (non-hydrogen) atoms. The van der Waals surface area contributed by atoms with E-state index in [9.17, 15) is 13.2 Å². The zero-order valence-corrected chi connectivity index (χ0v) is 9.60. The van der Waals surface area contributed by atoms with Crippen molar-refractivity contribution in [1.82, 2.24) is 5.32 Å². The summed E-state index contributed by atoms with van der Waals surface area (Å²) in [5, 5.41) is 2.42. The number of amides is 1. The number of halogens is 1. The van der Waals surface area contributed by atoms with E-state index < -0.39 is 9.05 Å². The van der Waals surface area contributed by atoms with Crippen LogP contribution in [0.4, 0.5) is 0 Å². The van der Waals surface area contributed by atoms with Gasteiger partial charge in [-0.3, -0.25) is 4.79 Å². The van der Waals surface area contributed by atoms with Gasteiger partial charge >= 0.3 is 0 Å². The Morgan fingerprint density at radius 2 is 2.00 bits per heavy atom. The largest absolute Gasteiger partial charge is 0.359 e. The number of carbonyl (C=O) groups is 1. The lowest BCUT2D eigenvalue weighted by Crippen LogP contribution is -2.20. The molecule has 0 bridgehead atoms. The van der Waals surface area contributed by atoms with Crippen molar-refractivity contribution in [2.24, 2.45) is 0 Å². The quantitative estimate of drug-likeness (QED) is 0.808. The van der Waals surface area contributed by atoms with E-state index in [2.05, 4.69) is 5.32 Å². The summed E-state index contributed by atoms with van der Waals surface area (Å²) in [6.07, 6.45) is -0.00137. The zero-order chi connectivity index (χ0) is 11.5. The Morgan fingerprint density at radius 3 is 2.53 bits per heavy atom. The van der Waals surface area contributed by atoms with Crippen LogP contribution >= 0.6 is 10.7 Å². The van der Waals surface area contributed by atoms with Crippen LogP contribution in [-0.4, -0.2) is 21.4 Å². The SMILES string of the molecule is CNC(=O)Cc1ccccc1S(=O)(=O)Cl. The molecule has 1 aromatic carbocycles. The highest BCUT2D eigenvalue weighted by Crippen LogP contribution is 2.19. The van der Waals surface area contributed by atoms with Crippen molar-refractivity contribution in [2.45, 2.75) is 11.3 Å². The van der Waals surface area contributed by atoms with E-state index in [0.717, 1.165) is 0 Å². The van der Waals surface area contributed by atoms with Gasteiger partial charge in [-0.2, -0.15) is 0 Å². The Hall–Kier alpha value is -1.07. The van der Waals surface area contributed by atoms with Crippen molar-refractivity contribution in [3.63, 3.8) is 0 Å². The molecule has 1 rings (SSSR count). The van der Waals surface area contributed by atoms with E-state index >= 15 is 0 Å². The molecule has 0 aliphatic heterocycles. The summed E-state index contributed by atoms with van der Waals surface area (Å²) >= 11 is 0. The minimum atomic E-state index is -3.80. The Balaban J connectivity index is 3.13. The van der Waals surface area contributed by atoms with E-state index in [1.165, 1.54) is 13.1 Å². The van der Waals surface area contributed by atoms with Crippen LogP contribution in [0.3, 0.4) is 0 Å². The van der Waals surface area contributed by atoms with Gasteiger partial charge in [-0.25, -0.2) is 8.42 Å². The number of hydrogen-bond donors (Lipinski definition) is 1. The van der Waals surface area contributed by atoms with E-state index in [0.29, 0.717) is 5.56 Å². The summed E-state index contributed by atoms with van der Waals surface area (Å²) in [6.45, 7) is 0. The summed E-state index contributed by atoms with van der Waals surface area (Å²) in [6, 6.07) is 6.15. The molecule has 0 fully saturated rings. The monoisotopic (exact) mass is 247 g/mol. The number of hydrogen-bond acceptors (Lipinski definition) is 3. The second-order valence-electron chi connectivity index (χ2n) is 2.90. The van der Waals surface area contributed by atoms with Crippen LogP contribution in [0.25, 0.3) is 0 Å². The molecule has 1 aromatic rings. The van der Waals surface area contributed by atoms with Crippen LogP contribution in [0.2, 0.25) is 0 Å². The fourth-order valence-corrected chi connectivity index (χ4v) is 2.30. The third-order valence-corrected chi connectivity index (χ3v) is 3.29. The molecule has 0 heterocycles. The summed E-state index contributed by atoms with van der Waals surface area (Å²) in [7, 11) is 2.92. The Bertz CT molecular complexity index is 470. The highest BCUT2D eigenvalue weighted by molar-refractivity contribution is 8.13. The topological polar surface area (TPSA) is 63.2 Å². The Labute approximate surface area is 92.7 Å². The first-order valence-electron chi connectivity index (χ1n) is 4.18. The maximum absolute atomic E-state index is 11.2. The molecule has 1 amide bonds. The highest BCUT2D eigenvalue weighted by atomic mass is 35.7. The minimum Gasteiger partial charge on any atom is -0.359 e. The van der Waals surface area contributed by atoms with E-state index in [-0.39, 0.29) is 17.2 Å². The lowest BCUT2D eigenvalue weighted by Gasteiger charge is -2.05. The van der Waals surface area contributed by atoms with E-state index in [1.807, 2.05) is 0 Å². The number of nitrogens with one attached hydrogen (secondary N) is 1. The van der Waals surface area contributed by atoms with Crippen LogP contribution in [0.1, 0.15) is 5.56 Å². The van der Waals surface area contributed by atoms with Crippen molar-refractivity contribution in [3.05, 3.63) is 29.8 Å². The molecule has 0 radical (unpaired) electrons. The van der Waals surface area contributed by atoms with Crippen molar-refractivity contribution >= 4 is 25.6 Å². The molecule has 0 spiro atoms. The summed E-state index contributed by atoms with van der Waals surface area (Å²) < 4.78 is 22.3. The molecule has 0 saturated carbocycles. The van der Waals surface area contributed by atoms with Crippen molar-refractivity contribution in [2.75, 3.05) is 7.05 Å². The third-order valence-electron chi connectivity index (χ3n) is 1.87. The molecule has 0 aromatic heterocycles. The second kappa shape index (κ2) is 4.63. The molecule has 0 aliphatic carbocycles. The third kappa shape index (κ3) is 3.21. The van der Waals surface area contributed by atoms with Crippen LogP contribution in [0.15, 0.2) is 29.2 Å². The molecular formula is C9H10ClNO3S. The standard InChI is InChI=1S/C9H10ClNO3S/c1-11-9(12)6-7-4-2-3-5-8(7)15(10,13)14/h2-5H,6H2,1H3,(H,11,12). The van der Waals surface area contributed by atoms with Gasteiger partial charge in [-0.15, -0.1) is 0 Å². The van der Waals surface area contributed by atoms with Gasteiger partial charge in [0.2, 0.25) is 5.91 Å². The minimum absolute atomic E-state index is 0.00137.